The lowest BCUT2D eigenvalue weighted by Gasteiger charge is -2.35. The van der Waals surface area contributed by atoms with Gasteiger partial charge in [-0.2, -0.15) is 5.26 Å². The molecule has 118 valence electrons. The van der Waals surface area contributed by atoms with Crippen LogP contribution in [-0.4, -0.2) is 30.2 Å². The molecule has 3 rings (SSSR count). The van der Waals surface area contributed by atoms with Crippen LogP contribution in [0.25, 0.3) is 11.1 Å². The van der Waals surface area contributed by atoms with Crippen LogP contribution in [0.2, 0.25) is 0 Å². The van der Waals surface area contributed by atoms with Crippen LogP contribution < -0.4 is 0 Å². The first-order valence-electron chi connectivity index (χ1n) is 8.12. The molecule has 1 heterocycles. The Morgan fingerprint density at radius 2 is 1.70 bits per heavy atom. The highest BCUT2D eigenvalue weighted by molar-refractivity contribution is 5.70. The number of nitrogens with zero attached hydrogens (tertiary/aromatic N) is 2. The van der Waals surface area contributed by atoms with Crippen molar-refractivity contribution in [2.24, 2.45) is 0 Å². The Morgan fingerprint density at radius 3 is 2.35 bits per heavy atom. The molecule has 0 N–H and O–H groups in total. The van der Waals surface area contributed by atoms with E-state index in [-0.39, 0.29) is 0 Å². The number of rotatable bonds is 3. The van der Waals surface area contributed by atoms with Crippen molar-refractivity contribution in [3.05, 3.63) is 59.7 Å². The molecule has 2 aromatic rings. The maximum Gasteiger partial charge on any atom is 0.0998 e. The second kappa shape index (κ2) is 6.95. The van der Waals surface area contributed by atoms with E-state index < -0.39 is 0 Å². The van der Waals surface area contributed by atoms with Crippen LogP contribution >= 0.6 is 0 Å². The summed E-state index contributed by atoms with van der Waals surface area (Å²) in [5, 5.41) is 9.23. The fourth-order valence-electron chi connectivity index (χ4n) is 3.29. The maximum atomic E-state index is 9.23. The summed E-state index contributed by atoms with van der Waals surface area (Å²) in [7, 11) is 0. The van der Waals surface area contributed by atoms with Gasteiger partial charge in [-0.25, -0.2) is 0 Å². The topological polar surface area (TPSA) is 36.3 Å². The number of hydrogen-bond donors (Lipinski definition) is 0. The lowest BCUT2D eigenvalue weighted by Crippen LogP contribution is -2.44. The predicted molar refractivity (Wildman–Crippen MR) is 91.9 cm³/mol. The lowest BCUT2D eigenvalue weighted by atomic mass is 9.99. The predicted octanol–water partition coefficient (Wildman–Crippen LogP) is 3.83. The number of nitriles is 1. The first-order chi connectivity index (χ1) is 11.2. The van der Waals surface area contributed by atoms with Crippen molar-refractivity contribution in [1.29, 1.82) is 5.26 Å². The van der Waals surface area contributed by atoms with Gasteiger partial charge in [0.25, 0.3) is 0 Å². The molecule has 1 aliphatic heterocycles. The molecule has 23 heavy (non-hydrogen) atoms. The molecule has 1 fully saturated rings. The minimum Gasteiger partial charge on any atom is -0.373 e. The van der Waals surface area contributed by atoms with Gasteiger partial charge in [0.1, 0.15) is 0 Å². The Kier molecular flexibility index (Phi) is 4.76. The molecule has 1 aliphatic rings. The summed E-state index contributed by atoms with van der Waals surface area (Å²) in [4.78, 5) is 2.44. The standard InChI is InChI=1S/C20H22N2O/c1-15-12-22(13-16(2)23-15)14-17-7-9-18(10-8-17)20-6-4-3-5-19(20)11-21/h3-10,15-16H,12-14H2,1-2H3/t15-,16-/m0/s1. The lowest BCUT2D eigenvalue weighted by molar-refractivity contribution is -0.0704. The quantitative estimate of drug-likeness (QED) is 0.864. The smallest absolute Gasteiger partial charge is 0.0998 e. The van der Waals surface area contributed by atoms with Crippen molar-refractivity contribution < 1.29 is 4.74 Å². The largest absolute Gasteiger partial charge is 0.373 e. The summed E-state index contributed by atoms with van der Waals surface area (Å²) in [6.45, 7) is 7.15. The molecular weight excluding hydrogens is 284 g/mol. The SMILES string of the molecule is C[C@H]1CN(Cc2ccc(-c3ccccc3C#N)cc2)C[C@H](C)O1. The van der Waals surface area contributed by atoms with E-state index in [0.29, 0.717) is 12.2 Å². The van der Waals surface area contributed by atoms with Crippen LogP contribution in [0.1, 0.15) is 25.0 Å². The Balaban J connectivity index is 1.74. The average molecular weight is 306 g/mol. The van der Waals surface area contributed by atoms with Gasteiger partial charge in [0.05, 0.1) is 23.8 Å². The van der Waals surface area contributed by atoms with Crippen molar-refractivity contribution >= 4 is 0 Å². The summed E-state index contributed by atoms with van der Waals surface area (Å²) in [5.74, 6) is 0. The molecule has 0 saturated carbocycles. The Labute approximate surface area is 138 Å². The molecule has 0 aliphatic carbocycles. The van der Waals surface area contributed by atoms with Crippen LogP contribution in [0.5, 0.6) is 0 Å². The molecule has 0 unspecified atom stereocenters. The third-order valence-corrected chi connectivity index (χ3v) is 4.21. The first-order valence-corrected chi connectivity index (χ1v) is 8.12. The highest BCUT2D eigenvalue weighted by atomic mass is 16.5. The molecule has 0 bridgehead atoms. The van der Waals surface area contributed by atoms with Crippen molar-refractivity contribution in [3.8, 4) is 17.2 Å². The van der Waals surface area contributed by atoms with Crippen LogP contribution in [0, 0.1) is 11.3 Å². The molecule has 3 nitrogen and oxygen atoms in total. The molecule has 2 aromatic carbocycles. The van der Waals surface area contributed by atoms with E-state index in [1.54, 1.807) is 0 Å². The van der Waals surface area contributed by atoms with Gasteiger partial charge < -0.3 is 4.74 Å². The minimum absolute atomic E-state index is 0.292. The number of hydrogen-bond acceptors (Lipinski definition) is 3. The van der Waals surface area contributed by atoms with Crippen LogP contribution in [0.15, 0.2) is 48.5 Å². The summed E-state index contributed by atoms with van der Waals surface area (Å²) in [6.07, 6.45) is 0.584. The summed E-state index contributed by atoms with van der Waals surface area (Å²) < 4.78 is 5.78. The highest BCUT2D eigenvalue weighted by Crippen LogP contribution is 2.24. The third-order valence-electron chi connectivity index (χ3n) is 4.21. The fourth-order valence-corrected chi connectivity index (χ4v) is 3.29. The van der Waals surface area contributed by atoms with E-state index in [4.69, 9.17) is 4.74 Å². The van der Waals surface area contributed by atoms with Gasteiger partial charge in [-0.05, 0) is 36.6 Å². The molecule has 3 heteroatoms. The van der Waals surface area contributed by atoms with E-state index in [1.165, 1.54) is 5.56 Å². The van der Waals surface area contributed by atoms with E-state index in [1.807, 2.05) is 24.3 Å². The molecule has 0 aromatic heterocycles. The second-order valence-electron chi connectivity index (χ2n) is 6.31. The van der Waals surface area contributed by atoms with Gasteiger partial charge in [0, 0.05) is 19.6 Å². The highest BCUT2D eigenvalue weighted by Gasteiger charge is 2.21. The average Bonchev–Trinajstić information content (AvgIpc) is 2.54. The van der Waals surface area contributed by atoms with Gasteiger partial charge in [-0.15, -0.1) is 0 Å². The van der Waals surface area contributed by atoms with Crippen molar-refractivity contribution in [1.82, 2.24) is 4.90 Å². The molecule has 1 saturated heterocycles. The molecular formula is C20H22N2O. The van der Waals surface area contributed by atoms with Crippen molar-refractivity contribution in [3.63, 3.8) is 0 Å². The first kappa shape index (κ1) is 15.7. The van der Waals surface area contributed by atoms with Crippen LogP contribution in [0.3, 0.4) is 0 Å². The Bertz CT molecular complexity index is 692. The second-order valence-corrected chi connectivity index (χ2v) is 6.31. The zero-order chi connectivity index (χ0) is 16.2. The molecule has 0 radical (unpaired) electrons. The van der Waals surface area contributed by atoms with E-state index in [2.05, 4.69) is 49.1 Å². The van der Waals surface area contributed by atoms with Crippen molar-refractivity contribution in [2.75, 3.05) is 13.1 Å². The van der Waals surface area contributed by atoms with E-state index in [0.717, 1.165) is 36.3 Å². The van der Waals surface area contributed by atoms with Crippen LogP contribution in [0.4, 0.5) is 0 Å². The zero-order valence-corrected chi connectivity index (χ0v) is 13.7. The number of ether oxygens (including phenoxy) is 1. The van der Waals surface area contributed by atoms with Gasteiger partial charge in [-0.3, -0.25) is 4.90 Å². The Morgan fingerprint density at radius 1 is 1.04 bits per heavy atom. The monoisotopic (exact) mass is 306 g/mol. The molecule has 0 spiro atoms. The van der Waals surface area contributed by atoms with E-state index in [9.17, 15) is 5.26 Å². The number of morpholine rings is 1. The Hall–Kier alpha value is -2.15. The summed E-state index contributed by atoms with van der Waals surface area (Å²) in [6, 6.07) is 18.5. The van der Waals surface area contributed by atoms with Crippen LogP contribution in [-0.2, 0) is 11.3 Å². The summed E-state index contributed by atoms with van der Waals surface area (Å²) >= 11 is 0. The van der Waals surface area contributed by atoms with Gasteiger partial charge in [0.15, 0.2) is 0 Å². The molecule has 2 atom stereocenters. The van der Waals surface area contributed by atoms with Crippen molar-refractivity contribution in [2.45, 2.75) is 32.6 Å². The maximum absolute atomic E-state index is 9.23. The number of benzene rings is 2. The van der Waals surface area contributed by atoms with Gasteiger partial charge in [0.2, 0.25) is 0 Å². The fraction of sp³-hybridized carbons (Fsp3) is 0.350. The van der Waals surface area contributed by atoms with Gasteiger partial charge in [-0.1, -0.05) is 42.5 Å². The summed E-state index contributed by atoms with van der Waals surface area (Å²) in [5.41, 5.74) is 4.10. The van der Waals surface area contributed by atoms with Gasteiger partial charge >= 0.3 is 0 Å². The zero-order valence-electron chi connectivity index (χ0n) is 13.7. The third kappa shape index (κ3) is 3.79. The molecule has 0 amide bonds. The normalized spacial score (nSPS) is 21.8. The minimum atomic E-state index is 0.292. The van der Waals surface area contributed by atoms with E-state index >= 15 is 0 Å².